The molecule has 1 N–H and O–H groups in total. The number of amides is 1. The van der Waals surface area contributed by atoms with E-state index in [-0.39, 0.29) is 12.0 Å². The van der Waals surface area contributed by atoms with E-state index in [2.05, 4.69) is 15.2 Å². The van der Waals surface area contributed by atoms with Crippen LogP contribution >= 0.6 is 0 Å². The average molecular weight is 396 g/mol. The third kappa shape index (κ3) is 5.55. The Hall–Kier alpha value is -2.44. The fraction of sp³-hybridized carbons (Fsp3) is 0.478. The highest BCUT2D eigenvalue weighted by atomic mass is 16.5. The Morgan fingerprint density at radius 2 is 1.83 bits per heavy atom. The Morgan fingerprint density at radius 1 is 1.07 bits per heavy atom. The first kappa shape index (κ1) is 19.9. The van der Waals surface area contributed by atoms with Crippen molar-refractivity contribution in [1.82, 2.24) is 15.2 Å². The lowest BCUT2D eigenvalue weighted by atomic mass is 10.0. The number of likely N-dealkylation sites (tertiary alicyclic amines) is 1. The Kier molecular flexibility index (Phi) is 6.75. The smallest absolute Gasteiger partial charge is 0.251 e. The summed E-state index contributed by atoms with van der Waals surface area (Å²) >= 11 is 0. The van der Waals surface area contributed by atoms with Crippen molar-refractivity contribution in [1.29, 1.82) is 0 Å². The molecule has 2 aromatic rings. The minimum atomic E-state index is -0.105. The van der Waals surface area contributed by atoms with Gasteiger partial charge in [0.05, 0.1) is 12.2 Å². The molecule has 0 radical (unpaired) electrons. The maximum atomic E-state index is 12.3. The van der Waals surface area contributed by atoms with Crippen molar-refractivity contribution in [2.45, 2.75) is 44.4 Å². The molecule has 29 heavy (non-hydrogen) atoms. The molecule has 0 saturated carbocycles. The normalized spacial score (nSPS) is 19.0. The Morgan fingerprint density at radius 3 is 2.52 bits per heavy atom. The molecular weight excluding hydrogens is 366 g/mol. The number of rotatable bonds is 6. The Labute approximate surface area is 172 Å². The van der Waals surface area contributed by atoms with E-state index in [1.807, 2.05) is 42.5 Å². The largest absolute Gasteiger partial charge is 0.490 e. The van der Waals surface area contributed by atoms with Gasteiger partial charge in [0.1, 0.15) is 11.9 Å². The van der Waals surface area contributed by atoms with Crippen molar-refractivity contribution in [3.05, 3.63) is 59.9 Å². The second kappa shape index (κ2) is 9.85. The zero-order chi connectivity index (χ0) is 19.9. The van der Waals surface area contributed by atoms with Gasteiger partial charge in [0, 0.05) is 44.1 Å². The van der Waals surface area contributed by atoms with Crippen LogP contribution in [0.25, 0.3) is 0 Å². The summed E-state index contributed by atoms with van der Waals surface area (Å²) < 4.78 is 11.6. The number of hydrogen-bond donors (Lipinski definition) is 1. The van der Waals surface area contributed by atoms with Crippen LogP contribution in [0.3, 0.4) is 0 Å². The van der Waals surface area contributed by atoms with Crippen molar-refractivity contribution >= 4 is 5.91 Å². The van der Waals surface area contributed by atoms with Crippen LogP contribution in [0.4, 0.5) is 0 Å². The molecule has 0 spiro atoms. The van der Waals surface area contributed by atoms with E-state index >= 15 is 0 Å². The van der Waals surface area contributed by atoms with Gasteiger partial charge in [0.2, 0.25) is 0 Å². The van der Waals surface area contributed by atoms with Crippen LogP contribution in [0, 0.1) is 0 Å². The van der Waals surface area contributed by atoms with E-state index in [0.717, 1.165) is 63.4 Å². The van der Waals surface area contributed by atoms with Gasteiger partial charge in [-0.2, -0.15) is 0 Å². The summed E-state index contributed by atoms with van der Waals surface area (Å²) in [5.41, 5.74) is 1.47. The first-order valence-corrected chi connectivity index (χ1v) is 10.5. The van der Waals surface area contributed by atoms with Gasteiger partial charge in [0.15, 0.2) is 0 Å². The van der Waals surface area contributed by atoms with E-state index in [1.165, 1.54) is 0 Å². The molecule has 1 aromatic carbocycles. The highest BCUT2D eigenvalue weighted by molar-refractivity contribution is 5.94. The predicted octanol–water partition coefficient (Wildman–Crippen LogP) is 3.03. The molecule has 1 aromatic heterocycles. The number of pyridine rings is 1. The number of piperidine rings is 1. The summed E-state index contributed by atoms with van der Waals surface area (Å²) in [5, 5.41) is 2.90. The lowest BCUT2D eigenvalue weighted by Gasteiger charge is -2.39. The lowest BCUT2D eigenvalue weighted by Crippen LogP contribution is -2.46. The Bertz CT molecular complexity index is 768. The number of aromatic nitrogens is 1. The Balaban J connectivity index is 1.23. The molecule has 2 aliphatic heterocycles. The summed E-state index contributed by atoms with van der Waals surface area (Å²) in [6.45, 7) is 4.38. The van der Waals surface area contributed by atoms with Gasteiger partial charge < -0.3 is 14.8 Å². The van der Waals surface area contributed by atoms with Gasteiger partial charge in [-0.3, -0.25) is 14.7 Å². The maximum absolute atomic E-state index is 12.3. The molecule has 2 saturated heterocycles. The first-order valence-electron chi connectivity index (χ1n) is 10.5. The number of ether oxygens (including phenoxy) is 2. The number of carbonyl (C=O) groups is 1. The molecule has 154 valence electrons. The summed E-state index contributed by atoms with van der Waals surface area (Å²) in [6, 6.07) is 13.8. The van der Waals surface area contributed by atoms with Gasteiger partial charge in [-0.25, -0.2) is 0 Å². The molecule has 0 bridgehead atoms. The zero-order valence-electron chi connectivity index (χ0n) is 16.8. The van der Waals surface area contributed by atoms with Gasteiger partial charge in [-0.15, -0.1) is 0 Å². The van der Waals surface area contributed by atoms with E-state index in [0.29, 0.717) is 18.2 Å². The fourth-order valence-corrected chi connectivity index (χ4v) is 4.06. The second-order valence-electron chi connectivity index (χ2n) is 7.72. The van der Waals surface area contributed by atoms with Crippen molar-refractivity contribution in [3.8, 4) is 5.75 Å². The number of nitrogens with one attached hydrogen (secondary N) is 1. The fourth-order valence-electron chi connectivity index (χ4n) is 4.06. The topological polar surface area (TPSA) is 63.7 Å². The van der Waals surface area contributed by atoms with Crippen LogP contribution in [-0.4, -0.2) is 54.2 Å². The number of hydrogen-bond acceptors (Lipinski definition) is 5. The lowest BCUT2D eigenvalue weighted by molar-refractivity contribution is 0.0101. The average Bonchev–Trinajstić information content (AvgIpc) is 2.80. The molecule has 0 aliphatic carbocycles. The van der Waals surface area contributed by atoms with Crippen LogP contribution in [0.2, 0.25) is 0 Å². The summed E-state index contributed by atoms with van der Waals surface area (Å²) in [4.78, 5) is 19.1. The monoisotopic (exact) mass is 395 g/mol. The minimum Gasteiger partial charge on any atom is -0.490 e. The molecule has 6 nitrogen and oxygen atoms in total. The highest BCUT2D eigenvalue weighted by Gasteiger charge is 2.27. The first-order chi connectivity index (χ1) is 14.3. The minimum absolute atomic E-state index is 0.105. The second-order valence-corrected chi connectivity index (χ2v) is 7.72. The van der Waals surface area contributed by atoms with E-state index in [1.54, 1.807) is 6.20 Å². The maximum Gasteiger partial charge on any atom is 0.251 e. The van der Waals surface area contributed by atoms with E-state index in [4.69, 9.17) is 9.47 Å². The van der Waals surface area contributed by atoms with Gasteiger partial charge in [-0.05, 0) is 62.1 Å². The molecule has 4 rings (SSSR count). The van der Waals surface area contributed by atoms with Gasteiger partial charge >= 0.3 is 0 Å². The van der Waals surface area contributed by atoms with Gasteiger partial charge in [-0.1, -0.05) is 6.07 Å². The molecule has 0 atom stereocenters. The van der Waals surface area contributed by atoms with Crippen molar-refractivity contribution in [2.75, 3.05) is 26.3 Å². The van der Waals surface area contributed by atoms with Crippen LogP contribution in [0.1, 0.15) is 41.7 Å². The number of carbonyl (C=O) groups excluding carboxylic acids is 1. The van der Waals surface area contributed by atoms with Crippen LogP contribution in [0.15, 0.2) is 48.7 Å². The molecule has 1 amide bonds. The summed E-state index contributed by atoms with van der Waals surface area (Å²) in [7, 11) is 0. The molecule has 6 heteroatoms. The van der Waals surface area contributed by atoms with Crippen molar-refractivity contribution < 1.29 is 14.3 Å². The third-order valence-electron chi connectivity index (χ3n) is 5.76. The third-order valence-corrected chi connectivity index (χ3v) is 5.76. The molecule has 0 unspecified atom stereocenters. The SMILES string of the molecule is O=C(NCc1ccccn1)c1ccc(OC2CCN(C3CCOCC3)CC2)cc1. The van der Waals surface area contributed by atoms with Crippen LogP contribution in [-0.2, 0) is 11.3 Å². The van der Waals surface area contributed by atoms with Gasteiger partial charge in [0.25, 0.3) is 5.91 Å². The molecule has 2 fully saturated rings. The van der Waals surface area contributed by atoms with Crippen molar-refractivity contribution in [2.24, 2.45) is 0 Å². The molecule has 3 heterocycles. The van der Waals surface area contributed by atoms with E-state index in [9.17, 15) is 4.79 Å². The number of nitrogens with zero attached hydrogens (tertiary/aromatic N) is 2. The van der Waals surface area contributed by atoms with Crippen LogP contribution < -0.4 is 10.1 Å². The predicted molar refractivity (Wildman–Crippen MR) is 111 cm³/mol. The number of benzene rings is 1. The summed E-state index contributed by atoms with van der Waals surface area (Å²) in [5.74, 6) is 0.725. The van der Waals surface area contributed by atoms with E-state index < -0.39 is 0 Å². The van der Waals surface area contributed by atoms with Crippen LogP contribution in [0.5, 0.6) is 5.75 Å². The standard InChI is InChI=1S/C23H29N3O3/c27-23(25-17-19-3-1-2-12-24-19)18-4-6-21(7-5-18)29-22-8-13-26(14-9-22)20-10-15-28-16-11-20/h1-7,12,20,22H,8-11,13-17H2,(H,25,27). The van der Waals surface area contributed by atoms with Crippen molar-refractivity contribution in [3.63, 3.8) is 0 Å². The molecular formula is C23H29N3O3. The highest BCUT2D eigenvalue weighted by Crippen LogP contribution is 2.23. The molecule has 2 aliphatic rings. The quantitative estimate of drug-likeness (QED) is 0.815. The summed E-state index contributed by atoms with van der Waals surface area (Å²) in [6.07, 6.45) is 6.36. The zero-order valence-corrected chi connectivity index (χ0v) is 16.8.